The summed E-state index contributed by atoms with van der Waals surface area (Å²) < 4.78 is 6.53. The van der Waals surface area contributed by atoms with Gasteiger partial charge in [0.05, 0.1) is 11.2 Å². The van der Waals surface area contributed by atoms with Crippen LogP contribution >= 0.6 is 0 Å². The van der Waals surface area contributed by atoms with E-state index in [4.69, 9.17) is 14.4 Å². The molecule has 0 amide bonds. The summed E-state index contributed by atoms with van der Waals surface area (Å²) in [6.07, 6.45) is 1.86. The quantitative estimate of drug-likeness (QED) is 0.250. The van der Waals surface area contributed by atoms with Crippen LogP contribution in [-0.2, 0) is 0 Å². The van der Waals surface area contributed by atoms with Crippen molar-refractivity contribution in [3.05, 3.63) is 96.2 Å². The van der Waals surface area contributed by atoms with Crippen LogP contribution in [0.2, 0.25) is 0 Å². The van der Waals surface area contributed by atoms with Crippen LogP contribution in [0.15, 0.2) is 89.5 Å². The smallest absolute Gasteiger partial charge is 0.227 e. The fraction of sp³-hybridized carbons (Fsp3) is 0.0667. The highest BCUT2D eigenvalue weighted by Gasteiger charge is 2.17. The SMILES string of the molecule is Cc1cccc(C)c1-c1ccc2c(n1)oc1c2ccc2c3ccccc3c3ncccc3c21. The Hall–Kier alpha value is -4.24. The number of hydrogen-bond acceptors (Lipinski definition) is 3. The molecule has 0 unspecified atom stereocenters. The summed E-state index contributed by atoms with van der Waals surface area (Å²) in [5.41, 5.74) is 7.08. The summed E-state index contributed by atoms with van der Waals surface area (Å²) in [4.78, 5) is 9.71. The van der Waals surface area contributed by atoms with Crippen molar-refractivity contribution in [1.29, 1.82) is 0 Å². The van der Waals surface area contributed by atoms with E-state index < -0.39 is 0 Å². The maximum atomic E-state index is 6.53. The van der Waals surface area contributed by atoms with Crippen molar-refractivity contribution in [3.63, 3.8) is 0 Å². The topological polar surface area (TPSA) is 38.9 Å². The maximum Gasteiger partial charge on any atom is 0.227 e. The monoisotopic (exact) mass is 424 g/mol. The van der Waals surface area contributed by atoms with Gasteiger partial charge in [-0.25, -0.2) is 4.98 Å². The molecule has 4 aromatic carbocycles. The third-order valence-electron chi connectivity index (χ3n) is 6.79. The van der Waals surface area contributed by atoms with Gasteiger partial charge in [-0.05, 0) is 60.0 Å². The van der Waals surface area contributed by atoms with Crippen molar-refractivity contribution in [2.75, 3.05) is 0 Å². The summed E-state index contributed by atoms with van der Waals surface area (Å²) in [6, 6.07) is 27.6. The molecule has 7 aromatic rings. The Balaban J connectivity index is 1.63. The predicted octanol–water partition coefficient (Wildman–Crippen LogP) is 8.12. The molecule has 0 aliphatic rings. The molecule has 0 saturated heterocycles. The molecule has 0 aliphatic heterocycles. The lowest BCUT2D eigenvalue weighted by atomic mass is 9.95. The van der Waals surface area contributed by atoms with E-state index in [0.717, 1.165) is 43.7 Å². The molecule has 0 fully saturated rings. The molecule has 0 aliphatic carbocycles. The van der Waals surface area contributed by atoms with Gasteiger partial charge in [-0.1, -0.05) is 54.6 Å². The molecule has 0 bridgehead atoms. The number of nitrogens with zero attached hydrogens (tertiary/aromatic N) is 2. The maximum absolute atomic E-state index is 6.53. The fourth-order valence-electron chi connectivity index (χ4n) is 5.32. The minimum atomic E-state index is 0.669. The first-order chi connectivity index (χ1) is 16.2. The third-order valence-corrected chi connectivity index (χ3v) is 6.79. The van der Waals surface area contributed by atoms with Crippen molar-refractivity contribution in [2.24, 2.45) is 0 Å². The first-order valence-electron chi connectivity index (χ1n) is 11.2. The Morgan fingerprint density at radius 2 is 1.33 bits per heavy atom. The summed E-state index contributed by atoms with van der Waals surface area (Å²) in [5.74, 6) is 0. The van der Waals surface area contributed by atoms with Gasteiger partial charge in [0, 0.05) is 38.7 Å². The second kappa shape index (κ2) is 6.63. The van der Waals surface area contributed by atoms with E-state index in [1.807, 2.05) is 12.3 Å². The number of hydrogen-bond donors (Lipinski definition) is 0. The average Bonchev–Trinajstić information content (AvgIpc) is 3.22. The van der Waals surface area contributed by atoms with Crippen LogP contribution in [0.5, 0.6) is 0 Å². The lowest BCUT2D eigenvalue weighted by Crippen LogP contribution is -1.90. The fourth-order valence-corrected chi connectivity index (χ4v) is 5.32. The minimum absolute atomic E-state index is 0.669. The number of rotatable bonds is 1. The zero-order chi connectivity index (χ0) is 22.1. The van der Waals surface area contributed by atoms with E-state index in [-0.39, 0.29) is 0 Å². The van der Waals surface area contributed by atoms with Gasteiger partial charge in [-0.3, -0.25) is 4.98 Å². The molecule has 3 heteroatoms. The van der Waals surface area contributed by atoms with Gasteiger partial charge in [-0.15, -0.1) is 0 Å². The summed E-state index contributed by atoms with van der Waals surface area (Å²) in [5, 5.41) is 7.83. The van der Waals surface area contributed by atoms with Gasteiger partial charge in [0.25, 0.3) is 0 Å². The molecule has 7 rings (SSSR count). The first kappa shape index (κ1) is 18.3. The lowest BCUT2D eigenvalue weighted by Gasteiger charge is -2.09. The summed E-state index contributed by atoms with van der Waals surface area (Å²) in [6.45, 7) is 4.26. The third kappa shape index (κ3) is 2.50. The number of aryl methyl sites for hydroxylation is 2. The van der Waals surface area contributed by atoms with E-state index in [9.17, 15) is 0 Å². The highest BCUT2D eigenvalue weighted by molar-refractivity contribution is 6.31. The van der Waals surface area contributed by atoms with Crippen LogP contribution in [0, 0.1) is 13.8 Å². The Labute approximate surface area is 190 Å². The van der Waals surface area contributed by atoms with Crippen LogP contribution in [0.4, 0.5) is 0 Å². The zero-order valence-electron chi connectivity index (χ0n) is 18.4. The molecule has 156 valence electrons. The van der Waals surface area contributed by atoms with Crippen LogP contribution in [0.1, 0.15) is 11.1 Å². The first-order valence-corrected chi connectivity index (χ1v) is 11.2. The molecule has 0 radical (unpaired) electrons. The lowest BCUT2D eigenvalue weighted by molar-refractivity contribution is 0.658. The summed E-state index contributed by atoms with van der Waals surface area (Å²) >= 11 is 0. The van der Waals surface area contributed by atoms with Crippen LogP contribution in [-0.4, -0.2) is 9.97 Å². The predicted molar refractivity (Wildman–Crippen MR) is 137 cm³/mol. The molecule has 3 heterocycles. The van der Waals surface area contributed by atoms with E-state index in [2.05, 4.69) is 86.6 Å². The van der Waals surface area contributed by atoms with E-state index in [0.29, 0.717) is 5.71 Å². The molecule has 0 N–H and O–H groups in total. The van der Waals surface area contributed by atoms with Gasteiger partial charge in [0.2, 0.25) is 5.71 Å². The van der Waals surface area contributed by atoms with Crippen LogP contribution in [0.25, 0.3) is 65.8 Å². The molecule has 3 nitrogen and oxygen atoms in total. The largest absolute Gasteiger partial charge is 0.437 e. The molecule has 0 saturated carbocycles. The second-order valence-electron chi connectivity index (χ2n) is 8.73. The van der Waals surface area contributed by atoms with Crippen LogP contribution < -0.4 is 0 Å². The average molecular weight is 425 g/mol. The Morgan fingerprint density at radius 1 is 0.606 bits per heavy atom. The molecule has 3 aromatic heterocycles. The Kier molecular flexibility index (Phi) is 3.68. The molecule has 0 atom stereocenters. The van der Waals surface area contributed by atoms with E-state index in [1.165, 1.54) is 27.5 Å². The molecular weight excluding hydrogens is 404 g/mol. The number of fused-ring (bicyclic) bond motifs is 10. The Bertz CT molecular complexity index is 1840. The number of pyridine rings is 2. The van der Waals surface area contributed by atoms with Crippen molar-refractivity contribution in [1.82, 2.24) is 9.97 Å². The Morgan fingerprint density at radius 3 is 2.18 bits per heavy atom. The van der Waals surface area contributed by atoms with Crippen molar-refractivity contribution >= 4 is 54.5 Å². The standard InChI is InChI=1S/C30H20N2O/c1-17-7-5-8-18(2)26(17)25-15-14-23-22-13-12-20-19-9-3-4-10-21(19)28-24(11-6-16-31-28)27(20)29(22)33-30(23)32-25/h3-16H,1-2H3. The summed E-state index contributed by atoms with van der Waals surface area (Å²) in [7, 11) is 0. The van der Waals surface area contributed by atoms with Crippen molar-refractivity contribution < 1.29 is 4.42 Å². The van der Waals surface area contributed by atoms with Gasteiger partial charge in [0.1, 0.15) is 5.58 Å². The highest BCUT2D eigenvalue weighted by atomic mass is 16.3. The van der Waals surface area contributed by atoms with E-state index >= 15 is 0 Å². The molecule has 0 spiro atoms. The molecule has 33 heavy (non-hydrogen) atoms. The zero-order valence-corrected chi connectivity index (χ0v) is 18.4. The second-order valence-corrected chi connectivity index (χ2v) is 8.73. The van der Waals surface area contributed by atoms with E-state index in [1.54, 1.807) is 0 Å². The van der Waals surface area contributed by atoms with Crippen LogP contribution in [0.3, 0.4) is 0 Å². The highest BCUT2D eigenvalue weighted by Crippen LogP contribution is 2.41. The normalized spacial score (nSPS) is 11.9. The van der Waals surface area contributed by atoms with Gasteiger partial charge >= 0.3 is 0 Å². The van der Waals surface area contributed by atoms with Crippen molar-refractivity contribution in [2.45, 2.75) is 13.8 Å². The number of furan rings is 1. The minimum Gasteiger partial charge on any atom is -0.437 e. The van der Waals surface area contributed by atoms with Gasteiger partial charge in [-0.2, -0.15) is 0 Å². The van der Waals surface area contributed by atoms with Gasteiger partial charge in [0.15, 0.2) is 0 Å². The number of benzene rings is 4. The van der Waals surface area contributed by atoms with Gasteiger partial charge < -0.3 is 4.42 Å². The number of aromatic nitrogens is 2. The van der Waals surface area contributed by atoms with Crippen molar-refractivity contribution in [3.8, 4) is 11.3 Å². The molecular formula is C30H20N2O.